The van der Waals surface area contributed by atoms with Crippen LogP contribution in [0.3, 0.4) is 0 Å². The Hall–Kier alpha value is -1.69. The zero-order valence-electron chi connectivity index (χ0n) is 9.78. The molecule has 0 spiro atoms. The van der Waals surface area contributed by atoms with Gasteiger partial charge in [-0.1, -0.05) is 0 Å². The maximum Gasteiger partial charge on any atom is 0.195 e. The van der Waals surface area contributed by atoms with Gasteiger partial charge >= 0.3 is 0 Å². The first-order valence-electron chi connectivity index (χ1n) is 5.72. The number of benzene rings is 2. The van der Waals surface area contributed by atoms with E-state index in [1.165, 1.54) is 12.1 Å². The number of fused-ring (bicyclic) bond motifs is 1. The Kier molecular flexibility index (Phi) is 3.10. The van der Waals surface area contributed by atoms with Crippen molar-refractivity contribution in [3.8, 4) is 0 Å². The highest BCUT2D eigenvalue weighted by Gasteiger charge is 2.14. The van der Waals surface area contributed by atoms with Gasteiger partial charge in [0.15, 0.2) is 5.78 Å². The molecule has 0 saturated heterocycles. The molecule has 0 unspecified atom stereocenters. The normalized spacial score (nSPS) is 10.8. The molecule has 4 heteroatoms. The fourth-order valence-electron chi connectivity index (χ4n) is 2.04. The van der Waals surface area contributed by atoms with E-state index in [1.807, 2.05) is 12.1 Å². The SMILES string of the molecule is O=C(c1ccc(I)cc1)c1c[nH]c2ccc(F)cc12. The van der Waals surface area contributed by atoms with Crippen molar-refractivity contribution < 1.29 is 9.18 Å². The van der Waals surface area contributed by atoms with Gasteiger partial charge in [0, 0.05) is 31.8 Å². The van der Waals surface area contributed by atoms with Crippen LogP contribution in [-0.4, -0.2) is 10.8 Å². The molecule has 0 aliphatic heterocycles. The number of H-pyrrole nitrogens is 1. The van der Waals surface area contributed by atoms with Crippen molar-refractivity contribution in [2.75, 3.05) is 0 Å². The molecule has 1 heterocycles. The fraction of sp³-hybridized carbons (Fsp3) is 0. The quantitative estimate of drug-likeness (QED) is 0.537. The summed E-state index contributed by atoms with van der Waals surface area (Å²) in [6.07, 6.45) is 1.63. The highest BCUT2D eigenvalue weighted by Crippen LogP contribution is 2.22. The van der Waals surface area contributed by atoms with E-state index in [4.69, 9.17) is 0 Å². The molecule has 0 radical (unpaired) electrons. The average Bonchev–Trinajstić information content (AvgIpc) is 2.81. The van der Waals surface area contributed by atoms with Gasteiger partial charge in [-0.2, -0.15) is 0 Å². The van der Waals surface area contributed by atoms with Crippen molar-refractivity contribution in [3.05, 3.63) is 69.2 Å². The Morgan fingerprint density at radius 3 is 2.58 bits per heavy atom. The topological polar surface area (TPSA) is 32.9 Å². The molecule has 0 aliphatic rings. The first kappa shape index (κ1) is 12.3. The number of carbonyl (C=O) groups excluding carboxylic acids is 1. The van der Waals surface area contributed by atoms with Crippen LogP contribution in [0.4, 0.5) is 4.39 Å². The van der Waals surface area contributed by atoms with Crippen LogP contribution in [0.2, 0.25) is 0 Å². The first-order chi connectivity index (χ1) is 9.15. The molecule has 0 bridgehead atoms. The molecular formula is C15H9FINO. The molecule has 3 rings (SSSR count). The lowest BCUT2D eigenvalue weighted by Crippen LogP contribution is -2.00. The lowest BCUT2D eigenvalue weighted by Gasteiger charge is -2.00. The van der Waals surface area contributed by atoms with Crippen LogP contribution in [0, 0.1) is 9.39 Å². The molecular weight excluding hydrogens is 356 g/mol. The van der Waals surface area contributed by atoms with E-state index in [0.29, 0.717) is 16.5 Å². The van der Waals surface area contributed by atoms with Crippen LogP contribution in [0.15, 0.2) is 48.7 Å². The maximum atomic E-state index is 13.3. The van der Waals surface area contributed by atoms with Gasteiger partial charge in [0.2, 0.25) is 0 Å². The summed E-state index contributed by atoms with van der Waals surface area (Å²) in [5.41, 5.74) is 1.86. The summed E-state index contributed by atoms with van der Waals surface area (Å²) < 4.78 is 14.4. The van der Waals surface area contributed by atoms with Crippen LogP contribution in [0.1, 0.15) is 15.9 Å². The van der Waals surface area contributed by atoms with E-state index in [9.17, 15) is 9.18 Å². The number of carbonyl (C=O) groups is 1. The third-order valence-corrected chi connectivity index (χ3v) is 3.71. The lowest BCUT2D eigenvalue weighted by molar-refractivity contribution is 0.104. The van der Waals surface area contributed by atoms with Crippen molar-refractivity contribution >= 4 is 39.3 Å². The summed E-state index contributed by atoms with van der Waals surface area (Å²) in [6, 6.07) is 11.7. The Morgan fingerprint density at radius 2 is 1.84 bits per heavy atom. The minimum atomic E-state index is -0.344. The molecule has 0 atom stereocenters. The molecule has 0 amide bonds. The molecule has 0 fully saturated rings. The van der Waals surface area contributed by atoms with Gasteiger partial charge in [-0.15, -0.1) is 0 Å². The molecule has 2 aromatic carbocycles. The molecule has 3 aromatic rings. The molecule has 94 valence electrons. The number of rotatable bonds is 2. The third kappa shape index (κ3) is 2.28. The van der Waals surface area contributed by atoms with Crippen LogP contribution < -0.4 is 0 Å². The third-order valence-electron chi connectivity index (χ3n) is 2.99. The monoisotopic (exact) mass is 365 g/mol. The Balaban J connectivity index is 2.11. The molecule has 2 nitrogen and oxygen atoms in total. The van der Waals surface area contributed by atoms with Crippen LogP contribution in [-0.2, 0) is 0 Å². The second kappa shape index (κ2) is 4.77. The number of halogens is 2. The van der Waals surface area contributed by atoms with E-state index >= 15 is 0 Å². The Bertz CT molecular complexity index is 761. The van der Waals surface area contributed by atoms with E-state index in [-0.39, 0.29) is 11.6 Å². The molecule has 1 aromatic heterocycles. The number of aromatic amines is 1. The van der Waals surface area contributed by atoms with Gasteiger partial charge in [0.05, 0.1) is 0 Å². The highest BCUT2D eigenvalue weighted by molar-refractivity contribution is 14.1. The summed E-state index contributed by atoms with van der Waals surface area (Å²) >= 11 is 2.18. The molecule has 19 heavy (non-hydrogen) atoms. The zero-order chi connectivity index (χ0) is 13.4. The summed E-state index contributed by atoms with van der Waals surface area (Å²) in [6.45, 7) is 0. The first-order valence-corrected chi connectivity index (χ1v) is 6.80. The van der Waals surface area contributed by atoms with Gasteiger partial charge in [-0.05, 0) is 65.1 Å². The Labute approximate surface area is 122 Å². The van der Waals surface area contributed by atoms with Gasteiger partial charge in [0.1, 0.15) is 5.82 Å². The second-order valence-corrected chi connectivity index (χ2v) is 5.47. The van der Waals surface area contributed by atoms with E-state index in [0.717, 1.165) is 9.09 Å². The largest absolute Gasteiger partial charge is 0.360 e. The van der Waals surface area contributed by atoms with E-state index in [1.54, 1.807) is 24.4 Å². The second-order valence-electron chi connectivity index (χ2n) is 4.23. The summed E-state index contributed by atoms with van der Waals surface area (Å²) in [5, 5.41) is 0.614. The maximum absolute atomic E-state index is 13.3. The van der Waals surface area contributed by atoms with E-state index in [2.05, 4.69) is 27.6 Å². The number of aromatic nitrogens is 1. The summed E-state index contributed by atoms with van der Waals surface area (Å²) in [5.74, 6) is -0.447. The molecule has 0 saturated carbocycles. The molecule has 0 aliphatic carbocycles. The minimum Gasteiger partial charge on any atom is -0.360 e. The van der Waals surface area contributed by atoms with Crippen molar-refractivity contribution in [3.63, 3.8) is 0 Å². The minimum absolute atomic E-state index is 0.103. The summed E-state index contributed by atoms with van der Waals surface area (Å²) in [4.78, 5) is 15.4. The highest BCUT2D eigenvalue weighted by atomic mass is 127. The van der Waals surface area contributed by atoms with Crippen molar-refractivity contribution in [1.29, 1.82) is 0 Å². The van der Waals surface area contributed by atoms with Crippen molar-refractivity contribution in [2.45, 2.75) is 0 Å². The standard InChI is InChI=1S/C15H9FINO/c16-10-3-6-14-12(7-10)13(8-18-14)15(19)9-1-4-11(17)5-2-9/h1-8,18H. The predicted molar refractivity (Wildman–Crippen MR) is 80.8 cm³/mol. The molecule has 1 N–H and O–H groups in total. The predicted octanol–water partition coefficient (Wildman–Crippen LogP) is 4.14. The zero-order valence-corrected chi connectivity index (χ0v) is 11.9. The number of hydrogen-bond donors (Lipinski definition) is 1. The lowest BCUT2D eigenvalue weighted by atomic mass is 10.0. The summed E-state index contributed by atoms with van der Waals surface area (Å²) in [7, 11) is 0. The van der Waals surface area contributed by atoms with Gasteiger partial charge in [0.25, 0.3) is 0 Å². The number of ketones is 1. The van der Waals surface area contributed by atoms with E-state index < -0.39 is 0 Å². The Morgan fingerprint density at radius 1 is 1.11 bits per heavy atom. The van der Waals surface area contributed by atoms with Gasteiger partial charge < -0.3 is 4.98 Å². The number of hydrogen-bond acceptors (Lipinski definition) is 1. The van der Waals surface area contributed by atoms with Crippen molar-refractivity contribution in [1.82, 2.24) is 4.98 Å². The van der Waals surface area contributed by atoms with Crippen LogP contribution >= 0.6 is 22.6 Å². The van der Waals surface area contributed by atoms with Crippen LogP contribution in [0.5, 0.6) is 0 Å². The average molecular weight is 365 g/mol. The number of nitrogens with one attached hydrogen (secondary N) is 1. The van der Waals surface area contributed by atoms with Crippen LogP contribution in [0.25, 0.3) is 10.9 Å². The van der Waals surface area contributed by atoms with Gasteiger partial charge in [-0.25, -0.2) is 4.39 Å². The fourth-order valence-corrected chi connectivity index (χ4v) is 2.40. The van der Waals surface area contributed by atoms with Gasteiger partial charge in [-0.3, -0.25) is 4.79 Å². The smallest absolute Gasteiger partial charge is 0.195 e. The van der Waals surface area contributed by atoms with Crippen molar-refractivity contribution in [2.24, 2.45) is 0 Å².